The summed E-state index contributed by atoms with van der Waals surface area (Å²) in [6.45, 7) is 8.24. The molecule has 1 aromatic rings. The van der Waals surface area contributed by atoms with Gasteiger partial charge in [0.1, 0.15) is 5.82 Å². The van der Waals surface area contributed by atoms with Gasteiger partial charge in [-0.05, 0) is 25.7 Å². The van der Waals surface area contributed by atoms with Crippen molar-refractivity contribution in [2.24, 2.45) is 11.8 Å². The van der Waals surface area contributed by atoms with Crippen LogP contribution in [0.3, 0.4) is 0 Å². The summed E-state index contributed by atoms with van der Waals surface area (Å²) in [7, 11) is 0. The highest BCUT2D eigenvalue weighted by Crippen LogP contribution is 2.27. The van der Waals surface area contributed by atoms with Crippen molar-refractivity contribution < 1.29 is 14.3 Å². The minimum Gasteiger partial charge on any atom is -0.381 e. The van der Waals surface area contributed by atoms with Gasteiger partial charge in [0.25, 0.3) is 0 Å². The number of aryl methyl sites for hydroxylation is 1. The number of likely N-dealkylation sites (tertiary alicyclic amines) is 1. The Kier molecular flexibility index (Phi) is 5.90. The third kappa shape index (κ3) is 4.41. The highest BCUT2D eigenvalue weighted by Gasteiger charge is 2.40. The second-order valence-electron chi connectivity index (χ2n) is 7.78. The van der Waals surface area contributed by atoms with Crippen molar-refractivity contribution in [3.63, 3.8) is 0 Å². The van der Waals surface area contributed by atoms with Crippen molar-refractivity contribution in [2.75, 3.05) is 26.3 Å². The van der Waals surface area contributed by atoms with Crippen LogP contribution >= 0.6 is 0 Å². The molecule has 0 aromatic carbocycles. The molecule has 8 heteroatoms. The maximum absolute atomic E-state index is 12.7. The van der Waals surface area contributed by atoms with Crippen molar-refractivity contribution in [2.45, 2.75) is 52.0 Å². The lowest BCUT2D eigenvalue weighted by Crippen LogP contribution is -2.44. The number of carbonyl (C=O) groups is 2. The summed E-state index contributed by atoms with van der Waals surface area (Å²) in [5.74, 6) is 1.79. The van der Waals surface area contributed by atoms with Crippen LogP contribution in [0.2, 0.25) is 0 Å². The van der Waals surface area contributed by atoms with E-state index in [9.17, 15) is 9.59 Å². The van der Waals surface area contributed by atoms with E-state index in [0.29, 0.717) is 44.5 Å². The molecule has 8 nitrogen and oxygen atoms in total. The molecule has 2 fully saturated rings. The molecule has 26 heavy (non-hydrogen) atoms. The van der Waals surface area contributed by atoms with Crippen molar-refractivity contribution >= 4 is 11.8 Å². The fourth-order valence-corrected chi connectivity index (χ4v) is 3.68. The number of nitrogens with zero attached hydrogens (tertiary/aromatic N) is 3. The fourth-order valence-electron chi connectivity index (χ4n) is 3.68. The van der Waals surface area contributed by atoms with Gasteiger partial charge in [0.2, 0.25) is 11.8 Å². The van der Waals surface area contributed by atoms with Crippen LogP contribution < -0.4 is 5.32 Å². The number of carbonyl (C=O) groups excluding carboxylic acids is 2. The molecule has 0 spiro atoms. The quantitative estimate of drug-likeness (QED) is 0.813. The molecule has 2 aliphatic heterocycles. The largest absolute Gasteiger partial charge is 0.381 e. The van der Waals surface area contributed by atoms with Crippen LogP contribution in [0, 0.1) is 18.8 Å². The summed E-state index contributed by atoms with van der Waals surface area (Å²) in [6, 6.07) is -0.156. The first kappa shape index (κ1) is 18.8. The highest BCUT2D eigenvalue weighted by atomic mass is 16.5. The molecule has 0 unspecified atom stereocenters. The molecule has 0 aliphatic carbocycles. The van der Waals surface area contributed by atoms with E-state index in [4.69, 9.17) is 4.74 Å². The number of H-pyrrole nitrogens is 1. The van der Waals surface area contributed by atoms with Crippen LogP contribution in [0.1, 0.15) is 50.7 Å². The first-order chi connectivity index (χ1) is 12.4. The number of aromatic nitrogens is 3. The van der Waals surface area contributed by atoms with E-state index >= 15 is 0 Å². The predicted octanol–water partition coefficient (Wildman–Crippen LogP) is 0.996. The van der Waals surface area contributed by atoms with Gasteiger partial charge < -0.3 is 15.0 Å². The number of rotatable bonds is 5. The minimum atomic E-state index is -0.156. The summed E-state index contributed by atoms with van der Waals surface area (Å²) in [6.07, 6.45) is 2.01. The molecule has 0 saturated carbocycles. The van der Waals surface area contributed by atoms with Crippen molar-refractivity contribution in [3.8, 4) is 0 Å². The molecular weight excluding hydrogens is 334 g/mol. The van der Waals surface area contributed by atoms with Crippen LogP contribution in [0.25, 0.3) is 0 Å². The van der Waals surface area contributed by atoms with Gasteiger partial charge in [-0.25, -0.2) is 4.98 Å². The Bertz CT molecular complexity index is 639. The second kappa shape index (κ2) is 8.16. The Balaban J connectivity index is 1.71. The molecule has 2 saturated heterocycles. The molecule has 1 aromatic heterocycles. The van der Waals surface area contributed by atoms with E-state index < -0.39 is 0 Å². The molecule has 2 amide bonds. The fraction of sp³-hybridized carbons (Fsp3) is 0.778. The Hall–Kier alpha value is -1.96. The van der Waals surface area contributed by atoms with Crippen LogP contribution in [0.5, 0.6) is 0 Å². The van der Waals surface area contributed by atoms with Gasteiger partial charge in [-0.15, -0.1) is 0 Å². The lowest BCUT2D eigenvalue weighted by atomic mass is 9.97. The van der Waals surface area contributed by atoms with E-state index in [2.05, 4.69) is 20.5 Å². The molecule has 144 valence electrons. The second-order valence-corrected chi connectivity index (χ2v) is 7.78. The van der Waals surface area contributed by atoms with E-state index in [1.165, 1.54) is 0 Å². The monoisotopic (exact) mass is 363 g/mol. The topological polar surface area (TPSA) is 100 Å². The van der Waals surface area contributed by atoms with Gasteiger partial charge in [0, 0.05) is 38.6 Å². The van der Waals surface area contributed by atoms with Crippen LogP contribution in [0.15, 0.2) is 0 Å². The van der Waals surface area contributed by atoms with Crippen molar-refractivity contribution in [1.29, 1.82) is 0 Å². The number of hydrogen-bond donors (Lipinski definition) is 2. The summed E-state index contributed by atoms with van der Waals surface area (Å²) in [4.78, 5) is 31.5. The van der Waals surface area contributed by atoms with E-state index in [0.717, 1.165) is 18.7 Å². The third-order valence-electron chi connectivity index (χ3n) is 5.12. The Morgan fingerprint density at radius 2 is 2.04 bits per heavy atom. The SMILES string of the molecule is Cc1nc([C@@H]2CN(C(=O)CC(C)C)C[C@H]2NC(=O)C2CCOCC2)n[nH]1. The summed E-state index contributed by atoms with van der Waals surface area (Å²) >= 11 is 0. The van der Waals surface area contributed by atoms with Crippen molar-refractivity contribution in [3.05, 3.63) is 11.6 Å². The number of hydrogen-bond acceptors (Lipinski definition) is 5. The van der Waals surface area contributed by atoms with Gasteiger partial charge in [0.15, 0.2) is 5.82 Å². The molecule has 2 N–H and O–H groups in total. The molecule has 2 aliphatic rings. The number of ether oxygens (including phenoxy) is 1. The molecule has 3 heterocycles. The molecule has 0 radical (unpaired) electrons. The average molecular weight is 363 g/mol. The van der Waals surface area contributed by atoms with Gasteiger partial charge in [0.05, 0.1) is 12.0 Å². The Morgan fingerprint density at radius 1 is 1.31 bits per heavy atom. The molecule has 0 bridgehead atoms. The van der Waals surface area contributed by atoms with Gasteiger partial charge >= 0.3 is 0 Å². The predicted molar refractivity (Wildman–Crippen MR) is 95.4 cm³/mol. The highest BCUT2D eigenvalue weighted by molar-refractivity contribution is 5.80. The average Bonchev–Trinajstić information content (AvgIpc) is 3.21. The lowest BCUT2D eigenvalue weighted by molar-refractivity contribution is -0.132. The smallest absolute Gasteiger partial charge is 0.223 e. The Morgan fingerprint density at radius 3 is 2.65 bits per heavy atom. The van der Waals surface area contributed by atoms with Gasteiger partial charge in [-0.3, -0.25) is 14.7 Å². The lowest BCUT2D eigenvalue weighted by Gasteiger charge is -2.25. The molecular formula is C18H29N5O3. The Labute approximate surface area is 154 Å². The first-order valence-corrected chi connectivity index (χ1v) is 9.48. The summed E-state index contributed by atoms with van der Waals surface area (Å²) in [5.41, 5.74) is 0. The normalized spacial score (nSPS) is 24.2. The molecule has 2 atom stereocenters. The van der Waals surface area contributed by atoms with Crippen LogP contribution in [-0.2, 0) is 14.3 Å². The maximum atomic E-state index is 12.7. The number of nitrogens with one attached hydrogen (secondary N) is 2. The van der Waals surface area contributed by atoms with E-state index in [-0.39, 0.29) is 29.7 Å². The first-order valence-electron chi connectivity index (χ1n) is 9.48. The zero-order valence-electron chi connectivity index (χ0n) is 15.8. The minimum absolute atomic E-state index is 0.0151. The summed E-state index contributed by atoms with van der Waals surface area (Å²) < 4.78 is 5.34. The standard InChI is InChI=1S/C18H29N5O3/c1-11(2)8-16(24)23-9-14(17-19-12(3)21-22-17)15(10-23)20-18(25)13-4-6-26-7-5-13/h11,13-15H,4-10H2,1-3H3,(H,20,25)(H,19,21,22)/t14-,15-/m1/s1. The molecule has 3 rings (SSSR count). The summed E-state index contributed by atoms with van der Waals surface area (Å²) in [5, 5.41) is 10.3. The maximum Gasteiger partial charge on any atom is 0.223 e. The van der Waals surface area contributed by atoms with E-state index in [1.54, 1.807) is 0 Å². The zero-order chi connectivity index (χ0) is 18.7. The number of amides is 2. The zero-order valence-corrected chi connectivity index (χ0v) is 15.8. The van der Waals surface area contributed by atoms with Crippen LogP contribution in [0.4, 0.5) is 0 Å². The van der Waals surface area contributed by atoms with Crippen LogP contribution in [-0.4, -0.2) is 64.2 Å². The van der Waals surface area contributed by atoms with Gasteiger partial charge in [-0.2, -0.15) is 5.10 Å². The van der Waals surface area contributed by atoms with E-state index in [1.807, 2.05) is 25.7 Å². The third-order valence-corrected chi connectivity index (χ3v) is 5.12. The van der Waals surface area contributed by atoms with Gasteiger partial charge in [-0.1, -0.05) is 13.8 Å². The number of aromatic amines is 1. The van der Waals surface area contributed by atoms with Crippen molar-refractivity contribution in [1.82, 2.24) is 25.4 Å².